The second-order valence-electron chi connectivity index (χ2n) is 7.31. The Hall–Kier alpha value is -2.96. The van der Waals surface area contributed by atoms with Gasteiger partial charge >= 0.3 is 11.7 Å². The predicted molar refractivity (Wildman–Crippen MR) is 102 cm³/mol. The predicted octanol–water partition coefficient (Wildman–Crippen LogP) is 3.37. The summed E-state index contributed by atoms with van der Waals surface area (Å²) in [5.41, 5.74) is 3.36. The van der Waals surface area contributed by atoms with Crippen LogP contribution in [-0.4, -0.2) is 30.6 Å². The lowest BCUT2D eigenvalue weighted by molar-refractivity contribution is 0.0697. The summed E-state index contributed by atoms with van der Waals surface area (Å²) in [7, 11) is 0. The van der Waals surface area contributed by atoms with Gasteiger partial charge in [-0.1, -0.05) is 25.3 Å². The van der Waals surface area contributed by atoms with E-state index in [0.29, 0.717) is 29.5 Å². The van der Waals surface area contributed by atoms with E-state index < -0.39 is 5.97 Å². The van der Waals surface area contributed by atoms with Crippen LogP contribution in [0.5, 0.6) is 0 Å². The largest absolute Gasteiger partial charge is 0.478 e. The molecule has 2 aromatic heterocycles. The van der Waals surface area contributed by atoms with Crippen molar-refractivity contribution in [2.24, 2.45) is 5.92 Å². The van der Waals surface area contributed by atoms with Crippen LogP contribution in [0.3, 0.4) is 0 Å². The quantitative estimate of drug-likeness (QED) is 0.737. The molecule has 0 atom stereocenters. The van der Waals surface area contributed by atoms with Gasteiger partial charge in [-0.05, 0) is 43.4 Å². The van der Waals surface area contributed by atoms with Gasteiger partial charge < -0.3 is 5.11 Å². The first kappa shape index (κ1) is 17.5. The topological polar surface area (TPSA) is 101 Å². The highest BCUT2D eigenvalue weighted by Gasteiger charge is 2.19. The van der Waals surface area contributed by atoms with Crippen molar-refractivity contribution in [3.8, 4) is 11.3 Å². The first-order valence-electron chi connectivity index (χ1n) is 9.33. The molecule has 0 spiro atoms. The summed E-state index contributed by atoms with van der Waals surface area (Å²) in [5.74, 6) is -0.462. The van der Waals surface area contributed by atoms with Gasteiger partial charge in [0.15, 0.2) is 11.3 Å². The molecule has 2 heterocycles. The molecule has 27 heavy (non-hydrogen) atoms. The van der Waals surface area contributed by atoms with Gasteiger partial charge in [-0.15, -0.1) is 0 Å². The van der Waals surface area contributed by atoms with Crippen molar-refractivity contribution >= 4 is 17.3 Å². The van der Waals surface area contributed by atoms with Gasteiger partial charge in [0, 0.05) is 12.1 Å². The molecule has 1 saturated carbocycles. The number of aromatic amines is 1. The Morgan fingerprint density at radius 1 is 1.30 bits per heavy atom. The van der Waals surface area contributed by atoms with E-state index in [2.05, 4.69) is 15.0 Å². The molecule has 0 bridgehead atoms. The molecule has 1 aromatic carbocycles. The minimum atomic E-state index is -0.960. The summed E-state index contributed by atoms with van der Waals surface area (Å²) in [5, 5.41) is 9.14. The van der Waals surface area contributed by atoms with Crippen LogP contribution in [0.1, 0.15) is 48.0 Å². The van der Waals surface area contributed by atoms with E-state index in [0.717, 1.165) is 24.0 Å². The number of rotatable bonds is 4. The molecule has 7 heteroatoms. The fraction of sp³-hybridized carbons (Fsp3) is 0.400. The van der Waals surface area contributed by atoms with Gasteiger partial charge in [0.2, 0.25) is 0 Å². The van der Waals surface area contributed by atoms with Crippen LogP contribution in [0.25, 0.3) is 22.6 Å². The zero-order chi connectivity index (χ0) is 19.0. The van der Waals surface area contributed by atoms with Crippen molar-refractivity contribution in [1.29, 1.82) is 0 Å². The molecule has 1 aliphatic carbocycles. The standard InChI is InChI=1S/C20H22N4O3/c1-12-9-14(19(25)26)7-8-15(12)16-10-21-17-18(22-16)24(20(27)23-17)11-13-5-3-2-4-6-13/h7-10,13H,2-6,11H2,1H3,(H,25,26)(H,21,23,27). The number of hydrogen-bond acceptors (Lipinski definition) is 4. The summed E-state index contributed by atoms with van der Waals surface area (Å²) in [6.45, 7) is 2.51. The third kappa shape index (κ3) is 3.37. The lowest BCUT2D eigenvalue weighted by Crippen LogP contribution is -2.23. The number of benzene rings is 1. The molecule has 0 aliphatic heterocycles. The number of carboxylic acids is 1. The lowest BCUT2D eigenvalue weighted by atomic mass is 9.89. The summed E-state index contributed by atoms with van der Waals surface area (Å²) >= 11 is 0. The number of nitrogens with one attached hydrogen (secondary N) is 1. The molecule has 1 fully saturated rings. The van der Waals surface area contributed by atoms with Crippen LogP contribution >= 0.6 is 0 Å². The molecule has 140 valence electrons. The van der Waals surface area contributed by atoms with Gasteiger partial charge in [-0.25, -0.2) is 19.6 Å². The number of aryl methyl sites for hydroxylation is 1. The Balaban J connectivity index is 1.74. The van der Waals surface area contributed by atoms with E-state index in [1.54, 1.807) is 29.0 Å². The van der Waals surface area contributed by atoms with Crippen molar-refractivity contribution in [2.75, 3.05) is 0 Å². The molecular formula is C20H22N4O3. The fourth-order valence-electron chi connectivity index (χ4n) is 3.93. The van der Waals surface area contributed by atoms with E-state index in [1.165, 1.54) is 19.3 Å². The van der Waals surface area contributed by atoms with Crippen LogP contribution in [0.2, 0.25) is 0 Å². The number of fused-ring (bicyclic) bond motifs is 1. The monoisotopic (exact) mass is 366 g/mol. The van der Waals surface area contributed by atoms with Crippen LogP contribution in [0.4, 0.5) is 0 Å². The van der Waals surface area contributed by atoms with Gasteiger partial charge in [0.1, 0.15) is 0 Å². The Morgan fingerprint density at radius 3 is 2.78 bits per heavy atom. The summed E-state index contributed by atoms with van der Waals surface area (Å²) < 4.78 is 1.70. The molecule has 4 rings (SSSR count). The number of aromatic carboxylic acids is 1. The molecule has 0 radical (unpaired) electrons. The number of aromatic nitrogens is 4. The maximum atomic E-state index is 12.4. The fourth-order valence-corrected chi connectivity index (χ4v) is 3.93. The SMILES string of the molecule is Cc1cc(C(=O)O)ccc1-c1cnc2[nH]c(=O)n(CC3CCCCC3)c2n1. The summed E-state index contributed by atoms with van der Waals surface area (Å²) in [6.07, 6.45) is 7.60. The molecule has 1 aliphatic rings. The smallest absolute Gasteiger partial charge is 0.335 e. The maximum Gasteiger partial charge on any atom is 0.335 e. The van der Waals surface area contributed by atoms with Gasteiger partial charge in [0.05, 0.1) is 17.5 Å². The molecule has 0 unspecified atom stereocenters. The van der Waals surface area contributed by atoms with Gasteiger partial charge in [-0.3, -0.25) is 9.55 Å². The Labute approximate surface area is 156 Å². The average molecular weight is 366 g/mol. The number of nitrogens with zero attached hydrogens (tertiary/aromatic N) is 3. The van der Waals surface area contributed by atoms with Crippen LogP contribution in [-0.2, 0) is 6.54 Å². The van der Waals surface area contributed by atoms with Crippen LogP contribution in [0, 0.1) is 12.8 Å². The van der Waals surface area contributed by atoms with E-state index in [4.69, 9.17) is 5.11 Å². The number of H-pyrrole nitrogens is 1. The number of carboxylic acid groups (broad SMARTS) is 1. The van der Waals surface area contributed by atoms with E-state index in [1.807, 2.05) is 6.92 Å². The minimum absolute atomic E-state index is 0.175. The molecule has 0 amide bonds. The molecule has 3 aromatic rings. The maximum absolute atomic E-state index is 12.4. The third-order valence-corrected chi connectivity index (χ3v) is 5.40. The Morgan fingerprint density at radius 2 is 2.07 bits per heavy atom. The van der Waals surface area contributed by atoms with Crippen molar-refractivity contribution in [3.63, 3.8) is 0 Å². The van der Waals surface area contributed by atoms with Crippen LogP contribution in [0.15, 0.2) is 29.2 Å². The van der Waals surface area contributed by atoms with E-state index in [-0.39, 0.29) is 11.3 Å². The highest BCUT2D eigenvalue weighted by Crippen LogP contribution is 2.26. The Bertz CT molecular complexity index is 1060. The summed E-state index contributed by atoms with van der Waals surface area (Å²) in [4.78, 5) is 35.4. The van der Waals surface area contributed by atoms with Gasteiger partial charge in [0.25, 0.3) is 0 Å². The zero-order valence-electron chi connectivity index (χ0n) is 15.2. The number of hydrogen-bond donors (Lipinski definition) is 2. The van der Waals surface area contributed by atoms with E-state index in [9.17, 15) is 9.59 Å². The van der Waals surface area contributed by atoms with Crippen molar-refractivity contribution < 1.29 is 9.90 Å². The highest BCUT2D eigenvalue weighted by atomic mass is 16.4. The van der Waals surface area contributed by atoms with Crippen LogP contribution < -0.4 is 5.69 Å². The lowest BCUT2D eigenvalue weighted by Gasteiger charge is -2.21. The second kappa shape index (κ2) is 6.98. The average Bonchev–Trinajstić information content (AvgIpc) is 2.97. The molecule has 0 saturated heterocycles. The first-order chi connectivity index (χ1) is 13.0. The van der Waals surface area contributed by atoms with Gasteiger partial charge in [-0.2, -0.15) is 0 Å². The first-order valence-corrected chi connectivity index (χ1v) is 9.33. The van der Waals surface area contributed by atoms with Crippen molar-refractivity contribution in [1.82, 2.24) is 19.5 Å². The molecule has 2 N–H and O–H groups in total. The normalized spacial score (nSPS) is 15.3. The van der Waals surface area contributed by atoms with E-state index >= 15 is 0 Å². The zero-order valence-corrected chi connectivity index (χ0v) is 15.2. The summed E-state index contributed by atoms with van der Waals surface area (Å²) in [6, 6.07) is 4.92. The molecule has 7 nitrogen and oxygen atoms in total. The third-order valence-electron chi connectivity index (χ3n) is 5.40. The highest BCUT2D eigenvalue weighted by molar-refractivity contribution is 5.89. The number of carbonyl (C=O) groups is 1. The Kier molecular flexibility index (Phi) is 4.51. The second-order valence-corrected chi connectivity index (χ2v) is 7.31. The minimum Gasteiger partial charge on any atom is -0.478 e. The molecular weight excluding hydrogens is 344 g/mol. The van der Waals surface area contributed by atoms with Crippen molar-refractivity contribution in [2.45, 2.75) is 45.6 Å². The number of imidazole rings is 1. The van der Waals surface area contributed by atoms with Crippen molar-refractivity contribution in [3.05, 3.63) is 46.0 Å².